The number of amides is 2. The summed E-state index contributed by atoms with van der Waals surface area (Å²) in [5.41, 5.74) is 4.60. The van der Waals surface area contributed by atoms with Gasteiger partial charge < -0.3 is 20.1 Å². The Bertz CT molecular complexity index is 1020. The van der Waals surface area contributed by atoms with Crippen LogP contribution in [0.5, 0.6) is 0 Å². The second-order valence-corrected chi connectivity index (χ2v) is 9.42. The lowest BCUT2D eigenvalue weighted by atomic mass is 9.98. The molecule has 2 amide bonds. The Morgan fingerprint density at radius 2 is 1.74 bits per heavy atom. The maximum absolute atomic E-state index is 13.3. The van der Waals surface area contributed by atoms with Crippen LogP contribution < -0.4 is 5.32 Å². The van der Waals surface area contributed by atoms with E-state index in [9.17, 15) is 14.4 Å². The number of nitrogens with one attached hydrogen (secondary N) is 1. The van der Waals surface area contributed by atoms with Gasteiger partial charge in [-0.15, -0.1) is 0 Å². The summed E-state index contributed by atoms with van der Waals surface area (Å²) in [6.07, 6.45) is 3.75. The number of carboxylic acids is 1. The first-order valence-corrected chi connectivity index (χ1v) is 12.6. The molecule has 0 bridgehead atoms. The number of alkyl carbamates (subject to hydrolysis) is 1. The highest BCUT2D eigenvalue weighted by Crippen LogP contribution is 2.44. The van der Waals surface area contributed by atoms with Gasteiger partial charge in [-0.25, -0.2) is 4.79 Å². The fraction of sp³-hybridized carbons (Fsp3) is 0.464. The number of carbonyl (C=O) groups excluding carboxylic acids is 2. The average Bonchev–Trinajstić information content (AvgIpc) is 3.46. The molecule has 186 valence electrons. The number of ether oxygens (including phenoxy) is 1. The first-order chi connectivity index (χ1) is 17.0. The van der Waals surface area contributed by atoms with E-state index >= 15 is 0 Å². The minimum absolute atomic E-state index is 0.0356. The number of aliphatic carboxylic acids is 1. The van der Waals surface area contributed by atoms with E-state index in [0.29, 0.717) is 19.4 Å². The van der Waals surface area contributed by atoms with E-state index in [2.05, 4.69) is 29.6 Å². The SMILES string of the molecule is CCCCC(NC(=O)OCC1c2ccccc2-c2ccccc21)C(=O)N1CCCC1CCC(=O)O. The third kappa shape index (κ3) is 5.66. The van der Waals surface area contributed by atoms with Crippen LogP contribution >= 0.6 is 0 Å². The summed E-state index contributed by atoms with van der Waals surface area (Å²) in [5.74, 6) is -1.04. The van der Waals surface area contributed by atoms with E-state index in [1.54, 1.807) is 4.90 Å². The first kappa shape index (κ1) is 24.8. The smallest absolute Gasteiger partial charge is 0.407 e. The van der Waals surface area contributed by atoms with E-state index in [-0.39, 0.29) is 30.9 Å². The fourth-order valence-corrected chi connectivity index (χ4v) is 5.36. The number of nitrogens with zero attached hydrogens (tertiary/aromatic N) is 1. The Hall–Kier alpha value is -3.35. The molecule has 0 saturated carbocycles. The second kappa shape index (κ2) is 11.4. The van der Waals surface area contributed by atoms with Gasteiger partial charge in [0, 0.05) is 24.9 Å². The molecule has 35 heavy (non-hydrogen) atoms. The van der Waals surface area contributed by atoms with Crippen LogP contribution in [0.4, 0.5) is 4.79 Å². The highest BCUT2D eigenvalue weighted by molar-refractivity contribution is 5.86. The normalized spacial score (nSPS) is 17.5. The molecule has 2 N–H and O–H groups in total. The van der Waals surface area contributed by atoms with Gasteiger partial charge in [-0.3, -0.25) is 9.59 Å². The maximum Gasteiger partial charge on any atom is 0.407 e. The van der Waals surface area contributed by atoms with Crippen LogP contribution in [0.1, 0.15) is 68.9 Å². The van der Waals surface area contributed by atoms with E-state index in [4.69, 9.17) is 9.84 Å². The summed E-state index contributed by atoms with van der Waals surface area (Å²) in [7, 11) is 0. The molecule has 1 fully saturated rings. The number of hydrogen-bond donors (Lipinski definition) is 2. The molecule has 0 radical (unpaired) electrons. The quantitative estimate of drug-likeness (QED) is 0.504. The van der Waals surface area contributed by atoms with Crippen LogP contribution in [0.15, 0.2) is 48.5 Å². The van der Waals surface area contributed by atoms with Gasteiger partial charge in [-0.05, 0) is 47.9 Å². The number of hydrogen-bond acceptors (Lipinski definition) is 4. The van der Waals surface area contributed by atoms with Gasteiger partial charge in [0.25, 0.3) is 0 Å². The molecule has 2 unspecified atom stereocenters. The van der Waals surface area contributed by atoms with Crippen molar-refractivity contribution in [3.63, 3.8) is 0 Å². The Morgan fingerprint density at radius 3 is 2.37 bits per heavy atom. The monoisotopic (exact) mass is 478 g/mol. The molecule has 2 aromatic rings. The lowest BCUT2D eigenvalue weighted by Gasteiger charge is -2.29. The van der Waals surface area contributed by atoms with Crippen molar-refractivity contribution in [1.29, 1.82) is 0 Å². The third-order valence-corrected chi connectivity index (χ3v) is 7.13. The van der Waals surface area contributed by atoms with E-state index in [1.165, 1.54) is 0 Å². The van der Waals surface area contributed by atoms with Gasteiger partial charge in [0.05, 0.1) is 0 Å². The first-order valence-electron chi connectivity index (χ1n) is 12.6. The predicted octanol–water partition coefficient (Wildman–Crippen LogP) is 4.94. The van der Waals surface area contributed by atoms with Gasteiger partial charge in [0.1, 0.15) is 12.6 Å². The zero-order valence-electron chi connectivity index (χ0n) is 20.2. The van der Waals surface area contributed by atoms with Crippen LogP contribution in [-0.2, 0) is 14.3 Å². The molecule has 1 heterocycles. The van der Waals surface area contributed by atoms with Crippen molar-refractivity contribution in [2.45, 2.75) is 69.9 Å². The molecular weight excluding hydrogens is 444 g/mol. The molecule has 2 aliphatic rings. The minimum Gasteiger partial charge on any atom is -0.481 e. The highest BCUT2D eigenvalue weighted by Gasteiger charge is 2.34. The van der Waals surface area contributed by atoms with Gasteiger partial charge in [0.15, 0.2) is 0 Å². The molecular formula is C28H34N2O5. The summed E-state index contributed by atoms with van der Waals surface area (Å²) >= 11 is 0. The average molecular weight is 479 g/mol. The Labute approximate surface area is 206 Å². The lowest BCUT2D eigenvalue weighted by Crippen LogP contribution is -2.50. The van der Waals surface area contributed by atoms with Crippen LogP contribution in [-0.4, -0.2) is 53.2 Å². The fourth-order valence-electron chi connectivity index (χ4n) is 5.36. The van der Waals surface area contributed by atoms with Crippen LogP contribution in [0.25, 0.3) is 11.1 Å². The topological polar surface area (TPSA) is 95.9 Å². The Morgan fingerprint density at radius 1 is 1.09 bits per heavy atom. The predicted molar refractivity (Wildman–Crippen MR) is 133 cm³/mol. The standard InChI is InChI=1S/C28H34N2O5/c1-2-3-14-25(27(33)30-17-8-9-19(30)15-16-26(31)32)29-28(34)35-18-24-22-12-6-4-10-20(22)21-11-5-7-13-23(21)24/h4-7,10-13,19,24-25H,2-3,8-9,14-18H2,1H3,(H,29,34)(H,31,32). The number of rotatable bonds is 10. The largest absolute Gasteiger partial charge is 0.481 e. The number of likely N-dealkylation sites (tertiary alicyclic amines) is 1. The van der Waals surface area contributed by atoms with Crippen molar-refractivity contribution < 1.29 is 24.2 Å². The Kier molecular flexibility index (Phi) is 8.06. The van der Waals surface area contributed by atoms with Crippen molar-refractivity contribution in [3.8, 4) is 11.1 Å². The van der Waals surface area contributed by atoms with Crippen LogP contribution in [0.2, 0.25) is 0 Å². The van der Waals surface area contributed by atoms with Gasteiger partial charge in [-0.2, -0.15) is 0 Å². The van der Waals surface area contributed by atoms with Crippen molar-refractivity contribution in [3.05, 3.63) is 59.7 Å². The zero-order chi connectivity index (χ0) is 24.8. The summed E-state index contributed by atoms with van der Waals surface area (Å²) < 4.78 is 5.67. The number of fused-ring (bicyclic) bond motifs is 3. The third-order valence-electron chi connectivity index (χ3n) is 7.13. The van der Waals surface area contributed by atoms with E-state index in [1.807, 2.05) is 31.2 Å². The number of unbranched alkanes of at least 4 members (excludes halogenated alkanes) is 1. The number of benzene rings is 2. The summed E-state index contributed by atoms with van der Waals surface area (Å²) in [5, 5.41) is 11.9. The second-order valence-electron chi connectivity index (χ2n) is 9.42. The van der Waals surface area contributed by atoms with Gasteiger partial charge in [-0.1, -0.05) is 68.3 Å². The molecule has 7 heteroatoms. The van der Waals surface area contributed by atoms with E-state index in [0.717, 1.165) is 47.9 Å². The molecule has 1 saturated heterocycles. The Balaban J connectivity index is 1.40. The molecule has 2 atom stereocenters. The van der Waals surface area contributed by atoms with E-state index < -0.39 is 18.1 Å². The molecule has 2 aromatic carbocycles. The number of carbonyl (C=O) groups is 3. The van der Waals surface area contributed by atoms with Crippen LogP contribution in [0, 0.1) is 0 Å². The van der Waals surface area contributed by atoms with Crippen molar-refractivity contribution in [1.82, 2.24) is 10.2 Å². The van der Waals surface area contributed by atoms with Crippen LogP contribution in [0.3, 0.4) is 0 Å². The van der Waals surface area contributed by atoms with Crippen molar-refractivity contribution in [2.75, 3.05) is 13.2 Å². The molecule has 1 aliphatic carbocycles. The lowest BCUT2D eigenvalue weighted by molar-refractivity contribution is -0.139. The minimum atomic E-state index is -0.858. The molecule has 0 spiro atoms. The van der Waals surface area contributed by atoms with Gasteiger partial charge >= 0.3 is 12.1 Å². The summed E-state index contributed by atoms with van der Waals surface area (Å²) in [6.45, 7) is 2.83. The summed E-state index contributed by atoms with van der Waals surface area (Å²) in [6, 6.07) is 15.6. The van der Waals surface area contributed by atoms with Crippen molar-refractivity contribution in [2.24, 2.45) is 0 Å². The molecule has 4 rings (SSSR count). The molecule has 1 aliphatic heterocycles. The zero-order valence-corrected chi connectivity index (χ0v) is 20.2. The highest BCUT2D eigenvalue weighted by atomic mass is 16.5. The van der Waals surface area contributed by atoms with Crippen molar-refractivity contribution >= 4 is 18.0 Å². The summed E-state index contributed by atoms with van der Waals surface area (Å²) in [4.78, 5) is 38.9. The number of carboxylic acid groups (broad SMARTS) is 1. The maximum atomic E-state index is 13.3. The molecule has 0 aromatic heterocycles. The van der Waals surface area contributed by atoms with Gasteiger partial charge in [0.2, 0.25) is 5.91 Å². The molecule has 7 nitrogen and oxygen atoms in total.